The summed E-state index contributed by atoms with van der Waals surface area (Å²) >= 11 is 0. The Kier molecular flexibility index (Phi) is 5.36. The lowest BCUT2D eigenvalue weighted by Gasteiger charge is -2.14. The summed E-state index contributed by atoms with van der Waals surface area (Å²) < 4.78 is 2.11. The molecule has 0 aliphatic rings. The fraction of sp³-hybridized carbons (Fsp3) is 0.304. The quantitative estimate of drug-likeness (QED) is 0.599. The van der Waals surface area contributed by atoms with Gasteiger partial charge >= 0.3 is 0 Å². The average Bonchev–Trinajstić information content (AvgIpc) is 3.05. The van der Waals surface area contributed by atoms with Crippen LogP contribution < -0.4 is 0 Å². The van der Waals surface area contributed by atoms with Crippen LogP contribution in [0.2, 0.25) is 0 Å². The van der Waals surface area contributed by atoms with Gasteiger partial charge in [0.05, 0.1) is 12.2 Å². The molecular formula is C23H26N2O. The summed E-state index contributed by atoms with van der Waals surface area (Å²) in [5.41, 5.74) is 5.58. The van der Waals surface area contributed by atoms with Crippen molar-refractivity contribution in [2.24, 2.45) is 0 Å². The number of aromatic nitrogens is 2. The summed E-state index contributed by atoms with van der Waals surface area (Å²) in [6.07, 6.45) is 2.83. The maximum absolute atomic E-state index is 10.8. The van der Waals surface area contributed by atoms with Crippen LogP contribution in [0.1, 0.15) is 53.6 Å². The maximum Gasteiger partial charge on any atom is 0.150 e. The van der Waals surface area contributed by atoms with E-state index in [0.717, 1.165) is 36.9 Å². The lowest BCUT2D eigenvalue weighted by molar-refractivity contribution is 0.112. The molecule has 3 heteroatoms. The number of hydrogen-bond donors (Lipinski definition) is 0. The van der Waals surface area contributed by atoms with Gasteiger partial charge in [-0.15, -0.1) is 0 Å². The van der Waals surface area contributed by atoms with Crippen LogP contribution in [0, 0.1) is 0 Å². The van der Waals surface area contributed by atoms with E-state index in [1.165, 1.54) is 11.3 Å². The molecule has 0 fully saturated rings. The largest absolute Gasteiger partial charge is 0.298 e. The highest BCUT2D eigenvalue weighted by Gasteiger charge is 2.20. The molecule has 0 aliphatic carbocycles. The fourth-order valence-electron chi connectivity index (χ4n) is 2.95. The van der Waals surface area contributed by atoms with Crippen molar-refractivity contribution in [1.29, 1.82) is 0 Å². The van der Waals surface area contributed by atoms with Gasteiger partial charge in [0.15, 0.2) is 0 Å². The number of benzene rings is 2. The molecule has 0 saturated heterocycles. The van der Waals surface area contributed by atoms with Gasteiger partial charge in [-0.2, -0.15) is 5.10 Å². The Morgan fingerprint density at radius 2 is 1.62 bits per heavy atom. The van der Waals surface area contributed by atoms with Crippen LogP contribution in [0.3, 0.4) is 0 Å². The predicted molar refractivity (Wildman–Crippen MR) is 106 cm³/mol. The third kappa shape index (κ3) is 4.48. The first-order valence-corrected chi connectivity index (χ1v) is 9.11. The van der Waals surface area contributed by atoms with Crippen molar-refractivity contribution in [3.63, 3.8) is 0 Å². The first kappa shape index (κ1) is 18.1. The van der Waals surface area contributed by atoms with Crippen molar-refractivity contribution in [2.75, 3.05) is 0 Å². The van der Waals surface area contributed by atoms with Crippen molar-refractivity contribution in [3.05, 3.63) is 88.7 Å². The lowest BCUT2D eigenvalue weighted by atomic mass is 9.92. The summed E-state index contributed by atoms with van der Waals surface area (Å²) in [6, 6.07) is 20.5. The standard InChI is InChI=1S/C23H26N2O/c1-23(2,3)22-15-21(14-13-18-7-5-4-6-8-18)25(24-22)16-19-9-11-20(17-26)12-10-19/h4-12,15,17H,13-14,16H2,1-3H3. The SMILES string of the molecule is CC(C)(C)c1cc(CCc2ccccc2)n(Cc2ccc(C=O)cc2)n1. The number of aryl methyl sites for hydroxylation is 2. The van der Waals surface area contributed by atoms with Crippen LogP contribution in [-0.4, -0.2) is 16.1 Å². The molecule has 0 amide bonds. The van der Waals surface area contributed by atoms with Crippen LogP contribution in [0.25, 0.3) is 0 Å². The molecule has 0 aliphatic heterocycles. The summed E-state index contributed by atoms with van der Waals surface area (Å²) in [6.45, 7) is 7.30. The zero-order valence-corrected chi connectivity index (χ0v) is 15.8. The minimum Gasteiger partial charge on any atom is -0.298 e. The second-order valence-electron chi connectivity index (χ2n) is 7.77. The Morgan fingerprint density at radius 3 is 2.23 bits per heavy atom. The van der Waals surface area contributed by atoms with Crippen LogP contribution in [0.4, 0.5) is 0 Å². The van der Waals surface area contributed by atoms with Gasteiger partial charge in [-0.1, -0.05) is 75.4 Å². The molecule has 134 valence electrons. The van der Waals surface area contributed by atoms with Crippen molar-refractivity contribution in [1.82, 2.24) is 9.78 Å². The van der Waals surface area contributed by atoms with E-state index >= 15 is 0 Å². The van der Waals surface area contributed by atoms with Crippen LogP contribution in [-0.2, 0) is 24.8 Å². The molecule has 0 saturated carbocycles. The minimum absolute atomic E-state index is 0.0219. The molecular weight excluding hydrogens is 320 g/mol. The van der Waals surface area contributed by atoms with E-state index in [2.05, 4.69) is 61.9 Å². The Morgan fingerprint density at radius 1 is 0.923 bits per heavy atom. The first-order valence-electron chi connectivity index (χ1n) is 9.11. The summed E-state index contributed by atoms with van der Waals surface area (Å²) in [4.78, 5) is 10.8. The predicted octanol–water partition coefficient (Wildman–Crippen LogP) is 4.83. The van der Waals surface area contributed by atoms with Crippen LogP contribution in [0.5, 0.6) is 0 Å². The molecule has 0 atom stereocenters. The van der Waals surface area contributed by atoms with Crippen molar-refractivity contribution in [2.45, 2.75) is 45.6 Å². The molecule has 0 N–H and O–H groups in total. The molecule has 3 rings (SSSR count). The number of hydrogen-bond acceptors (Lipinski definition) is 2. The van der Waals surface area contributed by atoms with Crippen LogP contribution in [0.15, 0.2) is 60.7 Å². The number of carbonyl (C=O) groups excluding carboxylic acids is 1. The Hall–Kier alpha value is -2.68. The van der Waals surface area contributed by atoms with E-state index in [-0.39, 0.29) is 5.41 Å². The molecule has 0 bridgehead atoms. The van der Waals surface area contributed by atoms with Gasteiger partial charge in [-0.25, -0.2) is 0 Å². The van der Waals surface area contributed by atoms with Gasteiger partial charge in [0, 0.05) is 16.7 Å². The molecule has 0 unspecified atom stereocenters. The molecule has 3 nitrogen and oxygen atoms in total. The zero-order valence-electron chi connectivity index (χ0n) is 15.8. The monoisotopic (exact) mass is 346 g/mol. The number of aldehydes is 1. The number of rotatable bonds is 6. The van der Waals surface area contributed by atoms with Gasteiger partial charge in [-0.3, -0.25) is 9.48 Å². The Labute approximate surface area is 155 Å². The van der Waals surface area contributed by atoms with Gasteiger partial charge in [-0.05, 0) is 30.0 Å². The van der Waals surface area contributed by atoms with Gasteiger partial charge in [0.25, 0.3) is 0 Å². The average molecular weight is 346 g/mol. The second-order valence-corrected chi connectivity index (χ2v) is 7.77. The third-order valence-electron chi connectivity index (χ3n) is 4.59. The summed E-state index contributed by atoms with van der Waals surface area (Å²) in [7, 11) is 0. The fourth-order valence-corrected chi connectivity index (χ4v) is 2.95. The second kappa shape index (κ2) is 7.69. The van der Waals surface area contributed by atoms with E-state index < -0.39 is 0 Å². The van der Waals surface area contributed by atoms with Crippen molar-refractivity contribution >= 4 is 6.29 Å². The lowest BCUT2D eigenvalue weighted by Crippen LogP contribution is -2.13. The van der Waals surface area contributed by atoms with E-state index in [4.69, 9.17) is 5.10 Å². The highest BCUT2D eigenvalue weighted by Crippen LogP contribution is 2.23. The highest BCUT2D eigenvalue weighted by molar-refractivity contribution is 5.74. The summed E-state index contributed by atoms with van der Waals surface area (Å²) in [5.74, 6) is 0. The van der Waals surface area contributed by atoms with Crippen molar-refractivity contribution < 1.29 is 4.79 Å². The number of carbonyl (C=O) groups is 1. The number of nitrogens with zero attached hydrogens (tertiary/aromatic N) is 2. The van der Waals surface area contributed by atoms with Gasteiger partial charge in [0.2, 0.25) is 0 Å². The van der Waals surface area contributed by atoms with Gasteiger partial charge < -0.3 is 0 Å². The van der Waals surface area contributed by atoms with E-state index in [0.29, 0.717) is 5.56 Å². The molecule has 0 spiro atoms. The van der Waals surface area contributed by atoms with Crippen LogP contribution >= 0.6 is 0 Å². The molecule has 1 heterocycles. The van der Waals surface area contributed by atoms with Crippen molar-refractivity contribution in [3.8, 4) is 0 Å². The first-order chi connectivity index (χ1) is 12.5. The minimum atomic E-state index is 0.0219. The Balaban J connectivity index is 1.83. The molecule has 2 aromatic carbocycles. The third-order valence-corrected chi connectivity index (χ3v) is 4.59. The Bertz CT molecular complexity index is 855. The highest BCUT2D eigenvalue weighted by atomic mass is 16.1. The normalized spacial score (nSPS) is 11.5. The van der Waals surface area contributed by atoms with Gasteiger partial charge in [0.1, 0.15) is 6.29 Å². The molecule has 3 aromatic rings. The molecule has 1 aromatic heterocycles. The smallest absolute Gasteiger partial charge is 0.150 e. The molecule has 0 radical (unpaired) electrons. The van der Waals surface area contributed by atoms with E-state index in [1.54, 1.807) is 0 Å². The maximum atomic E-state index is 10.8. The van der Waals surface area contributed by atoms with E-state index in [9.17, 15) is 4.79 Å². The topological polar surface area (TPSA) is 34.9 Å². The molecule has 26 heavy (non-hydrogen) atoms. The van der Waals surface area contributed by atoms with E-state index in [1.807, 2.05) is 24.3 Å². The summed E-state index contributed by atoms with van der Waals surface area (Å²) in [5, 5.41) is 4.88. The zero-order chi connectivity index (χ0) is 18.6.